The van der Waals surface area contributed by atoms with Gasteiger partial charge in [0.25, 0.3) is 11.8 Å². The fraction of sp³-hybridized carbons (Fsp3) is 0.235. The minimum Gasteiger partial charge on any atom is -0.336 e. The van der Waals surface area contributed by atoms with E-state index >= 15 is 0 Å². The highest BCUT2D eigenvalue weighted by Crippen LogP contribution is 2.24. The molecule has 0 atom stereocenters. The Bertz CT molecular complexity index is 783. The molecule has 0 saturated heterocycles. The molecule has 0 radical (unpaired) electrons. The Labute approximate surface area is 148 Å². The number of hydrogen-bond acceptors (Lipinski definition) is 4. The van der Waals surface area contributed by atoms with Gasteiger partial charge in [-0.25, -0.2) is 0 Å². The van der Waals surface area contributed by atoms with Gasteiger partial charge in [0.2, 0.25) is 5.91 Å². The summed E-state index contributed by atoms with van der Waals surface area (Å²) in [5, 5.41) is 0. The number of rotatable bonds is 5. The van der Waals surface area contributed by atoms with Crippen molar-refractivity contribution in [1.29, 1.82) is 0 Å². The first kappa shape index (κ1) is 16.7. The number of nitrogens with zero attached hydrogens (tertiary/aromatic N) is 2. The molecule has 0 N–H and O–H groups in total. The van der Waals surface area contributed by atoms with Crippen molar-refractivity contribution in [2.24, 2.45) is 0 Å². The average Bonchev–Trinajstić information content (AvgIpc) is 3.10. The minimum atomic E-state index is -0.417. The molecule has 0 bridgehead atoms. The third-order valence-corrected chi connectivity index (χ3v) is 5.10. The van der Waals surface area contributed by atoms with Crippen LogP contribution in [0.15, 0.2) is 36.4 Å². The van der Waals surface area contributed by atoms with Crippen LogP contribution in [-0.2, 0) is 11.3 Å². The monoisotopic (exact) mass is 362 g/mol. The van der Waals surface area contributed by atoms with Crippen molar-refractivity contribution in [3.63, 3.8) is 0 Å². The summed E-state index contributed by atoms with van der Waals surface area (Å²) in [6, 6.07) is 10.3. The number of carbonyl (C=O) groups is 3. The molecule has 2 heterocycles. The predicted octanol–water partition coefficient (Wildman–Crippen LogP) is 3.05. The summed E-state index contributed by atoms with van der Waals surface area (Å²) in [4.78, 5) is 40.8. The molecular formula is C17H15ClN2O3S. The molecule has 0 fully saturated rings. The lowest BCUT2D eigenvalue weighted by molar-refractivity contribution is -0.131. The summed E-state index contributed by atoms with van der Waals surface area (Å²) < 4.78 is 0.661. The Morgan fingerprint density at radius 2 is 1.75 bits per heavy atom. The SMILES string of the molecule is CCN(Cc1ccc(Cl)s1)C(=O)CN1C(=O)c2ccccc2C1=O. The third kappa shape index (κ3) is 3.07. The average molecular weight is 363 g/mol. The Morgan fingerprint density at radius 1 is 1.12 bits per heavy atom. The number of imide groups is 1. The van der Waals surface area contributed by atoms with Crippen LogP contribution in [0.3, 0.4) is 0 Å². The zero-order valence-corrected chi connectivity index (χ0v) is 14.6. The van der Waals surface area contributed by atoms with Crippen LogP contribution in [0.1, 0.15) is 32.5 Å². The van der Waals surface area contributed by atoms with E-state index in [0.29, 0.717) is 28.6 Å². The highest BCUT2D eigenvalue weighted by atomic mass is 35.5. The Kier molecular flexibility index (Phi) is 4.69. The van der Waals surface area contributed by atoms with E-state index < -0.39 is 11.8 Å². The summed E-state index contributed by atoms with van der Waals surface area (Å²) in [5.74, 6) is -1.10. The largest absolute Gasteiger partial charge is 0.336 e. The Morgan fingerprint density at radius 3 is 2.25 bits per heavy atom. The molecule has 1 aromatic heterocycles. The maximum absolute atomic E-state index is 12.5. The highest BCUT2D eigenvalue weighted by molar-refractivity contribution is 7.16. The summed E-state index contributed by atoms with van der Waals surface area (Å²) >= 11 is 7.32. The van der Waals surface area contributed by atoms with E-state index in [2.05, 4.69) is 0 Å². The van der Waals surface area contributed by atoms with Gasteiger partial charge in [0.05, 0.1) is 22.0 Å². The first-order valence-corrected chi connectivity index (χ1v) is 8.68. The maximum Gasteiger partial charge on any atom is 0.262 e. The summed E-state index contributed by atoms with van der Waals surface area (Å²) in [6.45, 7) is 2.50. The van der Waals surface area contributed by atoms with Crippen LogP contribution in [0.4, 0.5) is 0 Å². The number of hydrogen-bond donors (Lipinski definition) is 0. The van der Waals surface area contributed by atoms with E-state index in [-0.39, 0.29) is 12.5 Å². The van der Waals surface area contributed by atoms with Crippen LogP contribution in [0.25, 0.3) is 0 Å². The van der Waals surface area contributed by atoms with E-state index in [1.54, 1.807) is 35.2 Å². The number of amides is 3. The Hall–Kier alpha value is -2.18. The van der Waals surface area contributed by atoms with Crippen LogP contribution in [-0.4, -0.2) is 40.6 Å². The van der Waals surface area contributed by atoms with Crippen LogP contribution in [0.2, 0.25) is 4.34 Å². The van der Waals surface area contributed by atoms with Gasteiger partial charge in [0.15, 0.2) is 0 Å². The van der Waals surface area contributed by atoms with E-state index in [1.807, 2.05) is 13.0 Å². The molecule has 5 nitrogen and oxygen atoms in total. The summed E-state index contributed by atoms with van der Waals surface area (Å²) in [5.41, 5.74) is 0.701. The summed E-state index contributed by atoms with van der Waals surface area (Å²) in [6.07, 6.45) is 0. The molecule has 2 aromatic rings. The van der Waals surface area contributed by atoms with Crippen molar-refractivity contribution in [3.05, 3.63) is 56.7 Å². The molecule has 124 valence electrons. The quantitative estimate of drug-likeness (QED) is 0.768. The third-order valence-electron chi connectivity index (χ3n) is 3.88. The van der Waals surface area contributed by atoms with Crippen LogP contribution in [0, 0.1) is 0 Å². The van der Waals surface area contributed by atoms with Crippen molar-refractivity contribution in [1.82, 2.24) is 9.80 Å². The second-order valence-corrected chi connectivity index (χ2v) is 7.16. The van der Waals surface area contributed by atoms with Gasteiger partial charge in [-0.3, -0.25) is 19.3 Å². The van der Waals surface area contributed by atoms with Crippen LogP contribution in [0.5, 0.6) is 0 Å². The van der Waals surface area contributed by atoms with Gasteiger partial charge in [0.1, 0.15) is 6.54 Å². The zero-order valence-electron chi connectivity index (χ0n) is 13.0. The maximum atomic E-state index is 12.5. The number of benzene rings is 1. The van der Waals surface area contributed by atoms with Gasteiger partial charge in [-0.1, -0.05) is 23.7 Å². The van der Waals surface area contributed by atoms with Crippen LogP contribution >= 0.6 is 22.9 Å². The second-order valence-electron chi connectivity index (χ2n) is 5.36. The highest BCUT2D eigenvalue weighted by Gasteiger charge is 2.36. The molecule has 0 spiro atoms. The number of halogens is 1. The molecule has 0 saturated carbocycles. The molecule has 1 aliphatic heterocycles. The van der Waals surface area contributed by atoms with E-state index in [1.165, 1.54) is 11.3 Å². The van der Waals surface area contributed by atoms with Crippen molar-refractivity contribution in [2.75, 3.05) is 13.1 Å². The Balaban J connectivity index is 1.72. The van der Waals surface area contributed by atoms with Crippen molar-refractivity contribution in [3.8, 4) is 0 Å². The molecule has 0 aliphatic carbocycles. The molecule has 1 aliphatic rings. The normalized spacial score (nSPS) is 13.3. The lowest BCUT2D eigenvalue weighted by Gasteiger charge is -2.23. The van der Waals surface area contributed by atoms with Gasteiger partial charge >= 0.3 is 0 Å². The molecule has 0 unspecified atom stereocenters. The smallest absolute Gasteiger partial charge is 0.262 e. The molecule has 24 heavy (non-hydrogen) atoms. The van der Waals surface area contributed by atoms with E-state index in [9.17, 15) is 14.4 Å². The van der Waals surface area contributed by atoms with Crippen molar-refractivity contribution in [2.45, 2.75) is 13.5 Å². The first-order chi connectivity index (χ1) is 11.5. The van der Waals surface area contributed by atoms with Gasteiger partial charge < -0.3 is 4.90 Å². The van der Waals surface area contributed by atoms with E-state index in [0.717, 1.165) is 9.78 Å². The van der Waals surface area contributed by atoms with Gasteiger partial charge in [-0.2, -0.15) is 0 Å². The summed E-state index contributed by atoms with van der Waals surface area (Å²) in [7, 11) is 0. The fourth-order valence-corrected chi connectivity index (χ4v) is 3.72. The second kappa shape index (κ2) is 6.75. The van der Waals surface area contributed by atoms with E-state index in [4.69, 9.17) is 11.6 Å². The number of likely N-dealkylation sites (N-methyl/N-ethyl adjacent to an activating group) is 1. The first-order valence-electron chi connectivity index (χ1n) is 7.48. The molecule has 3 rings (SSSR count). The van der Waals surface area contributed by atoms with Crippen LogP contribution < -0.4 is 0 Å². The van der Waals surface area contributed by atoms with Crippen molar-refractivity contribution >= 4 is 40.7 Å². The minimum absolute atomic E-state index is 0.251. The predicted molar refractivity (Wildman–Crippen MR) is 92.2 cm³/mol. The molecule has 1 aromatic carbocycles. The number of fused-ring (bicyclic) bond motifs is 1. The van der Waals surface area contributed by atoms with Gasteiger partial charge in [-0.05, 0) is 31.2 Å². The van der Waals surface area contributed by atoms with Gasteiger partial charge in [0, 0.05) is 11.4 Å². The molecular weight excluding hydrogens is 348 g/mol. The molecule has 3 amide bonds. The van der Waals surface area contributed by atoms with Gasteiger partial charge in [-0.15, -0.1) is 11.3 Å². The zero-order chi connectivity index (χ0) is 17.3. The van der Waals surface area contributed by atoms with Crippen molar-refractivity contribution < 1.29 is 14.4 Å². The number of thiophene rings is 1. The molecule has 7 heteroatoms. The number of carbonyl (C=O) groups excluding carboxylic acids is 3. The fourth-order valence-electron chi connectivity index (χ4n) is 2.62. The lowest BCUT2D eigenvalue weighted by atomic mass is 10.1. The standard InChI is InChI=1S/C17H15ClN2O3S/c1-2-19(9-11-7-8-14(18)24-11)15(21)10-20-16(22)12-5-3-4-6-13(12)17(20)23/h3-8H,2,9-10H2,1H3. The topological polar surface area (TPSA) is 57.7 Å². The lowest BCUT2D eigenvalue weighted by Crippen LogP contribution is -2.42.